The third kappa shape index (κ3) is 5.19. The summed E-state index contributed by atoms with van der Waals surface area (Å²) in [6.07, 6.45) is 11.3. The van der Waals surface area contributed by atoms with E-state index < -0.39 is 0 Å². The molecule has 0 N–H and O–H groups in total. The Hall–Kier alpha value is -1.64. The highest BCUT2D eigenvalue weighted by atomic mass is 16.5. The van der Waals surface area contributed by atoms with Crippen LogP contribution in [0.15, 0.2) is 23.9 Å². The number of rotatable bonds is 8. The minimum absolute atomic E-state index is 0.921. The minimum Gasteiger partial charge on any atom is -0.496 e. The van der Waals surface area contributed by atoms with Crippen molar-refractivity contribution in [3.05, 3.63) is 35.0 Å². The highest BCUT2D eigenvalue weighted by Gasteiger charge is 2.16. The van der Waals surface area contributed by atoms with Crippen LogP contribution in [0.4, 0.5) is 0 Å². The Kier molecular flexibility index (Phi) is 7.01. The molecule has 0 radical (unpaired) electrons. The van der Waals surface area contributed by atoms with Gasteiger partial charge in [-0.15, -0.1) is 0 Å². The van der Waals surface area contributed by atoms with Crippen LogP contribution in [0.3, 0.4) is 0 Å². The summed E-state index contributed by atoms with van der Waals surface area (Å²) >= 11 is 0. The first-order chi connectivity index (χ1) is 11.5. The van der Waals surface area contributed by atoms with E-state index >= 15 is 0 Å². The third-order valence-electron chi connectivity index (χ3n) is 5.00. The minimum atomic E-state index is 0.921. The molecule has 0 unspecified atom stereocenters. The predicted octanol–water partition coefficient (Wildman–Crippen LogP) is 4.97. The molecule has 1 aromatic rings. The van der Waals surface area contributed by atoms with Gasteiger partial charge >= 0.3 is 0 Å². The maximum absolute atomic E-state index is 5.61. The van der Waals surface area contributed by atoms with Crippen LogP contribution >= 0.6 is 0 Å². The van der Waals surface area contributed by atoms with E-state index in [1.807, 2.05) is 0 Å². The Bertz CT molecular complexity index is 557. The largest absolute Gasteiger partial charge is 0.496 e. The molecule has 1 aliphatic rings. The summed E-state index contributed by atoms with van der Waals surface area (Å²) in [4.78, 5) is 2.15. The quantitative estimate of drug-likeness (QED) is 0.671. The second-order valence-electron chi connectivity index (χ2n) is 7.25. The van der Waals surface area contributed by atoms with Gasteiger partial charge in [0.2, 0.25) is 0 Å². The lowest BCUT2D eigenvalue weighted by Gasteiger charge is -2.18. The van der Waals surface area contributed by atoms with E-state index in [1.165, 1.54) is 49.7 Å². The fourth-order valence-electron chi connectivity index (χ4n) is 3.75. The van der Waals surface area contributed by atoms with Crippen LogP contribution < -0.4 is 9.47 Å². The Balaban J connectivity index is 2.15. The topological polar surface area (TPSA) is 21.7 Å². The summed E-state index contributed by atoms with van der Waals surface area (Å²) in [6, 6.07) is 4.21. The van der Waals surface area contributed by atoms with E-state index in [9.17, 15) is 0 Å². The molecule has 0 atom stereocenters. The molecule has 134 valence electrons. The van der Waals surface area contributed by atoms with E-state index in [-0.39, 0.29) is 0 Å². The normalized spacial score (nSPS) is 15.6. The smallest absolute Gasteiger partial charge is 0.122 e. The zero-order valence-corrected chi connectivity index (χ0v) is 16.0. The van der Waals surface area contributed by atoms with Gasteiger partial charge in [0.1, 0.15) is 11.5 Å². The number of aryl methyl sites for hydroxylation is 1. The lowest BCUT2D eigenvalue weighted by atomic mass is 9.94. The molecule has 0 heterocycles. The fourth-order valence-corrected chi connectivity index (χ4v) is 3.75. The van der Waals surface area contributed by atoms with Gasteiger partial charge in [0.25, 0.3) is 0 Å². The second-order valence-corrected chi connectivity index (χ2v) is 7.25. The van der Waals surface area contributed by atoms with Gasteiger partial charge in [-0.3, -0.25) is 0 Å². The molecule has 1 aliphatic carbocycles. The van der Waals surface area contributed by atoms with Crippen molar-refractivity contribution < 1.29 is 9.47 Å². The van der Waals surface area contributed by atoms with Crippen LogP contribution in [0.1, 0.15) is 49.7 Å². The molecular formula is C21H33NO2. The van der Waals surface area contributed by atoms with E-state index in [1.54, 1.807) is 14.2 Å². The first-order valence-corrected chi connectivity index (χ1v) is 9.11. The van der Waals surface area contributed by atoms with Crippen molar-refractivity contribution in [1.82, 2.24) is 4.90 Å². The SMILES string of the molecule is COc1cc(CC(=CN(C)C)CCC2CCCC2)c(OC)cc1C. The summed E-state index contributed by atoms with van der Waals surface area (Å²) in [7, 11) is 7.68. The third-order valence-corrected chi connectivity index (χ3v) is 5.00. The lowest BCUT2D eigenvalue weighted by Crippen LogP contribution is -2.07. The lowest BCUT2D eigenvalue weighted by molar-refractivity contribution is 0.396. The second kappa shape index (κ2) is 9.00. The van der Waals surface area contributed by atoms with Crippen LogP contribution in [0.5, 0.6) is 11.5 Å². The summed E-state index contributed by atoms with van der Waals surface area (Å²) in [5.41, 5.74) is 3.79. The molecule has 1 aromatic carbocycles. The van der Waals surface area contributed by atoms with Crippen molar-refractivity contribution in [2.24, 2.45) is 5.92 Å². The number of hydrogen-bond donors (Lipinski definition) is 0. The Morgan fingerprint density at radius 3 is 2.38 bits per heavy atom. The number of ether oxygens (including phenoxy) is 2. The van der Waals surface area contributed by atoms with Gasteiger partial charge in [-0.1, -0.05) is 25.7 Å². The van der Waals surface area contributed by atoms with E-state index in [0.717, 1.165) is 29.4 Å². The molecule has 1 saturated carbocycles. The van der Waals surface area contributed by atoms with Gasteiger partial charge in [-0.2, -0.15) is 0 Å². The molecular weight excluding hydrogens is 298 g/mol. The van der Waals surface area contributed by atoms with Crippen molar-refractivity contribution in [2.75, 3.05) is 28.3 Å². The molecule has 0 saturated heterocycles. The van der Waals surface area contributed by atoms with Crippen LogP contribution in [-0.2, 0) is 6.42 Å². The first-order valence-electron chi connectivity index (χ1n) is 9.11. The first kappa shape index (κ1) is 18.7. The standard InChI is InChI=1S/C21H33NO2/c1-16-12-21(24-5)19(14-20(16)23-4)13-18(15-22(2)3)11-10-17-8-6-7-9-17/h12,14-15,17H,6-11,13H2,1-5H3. The number of hydrogen-bond acceptors (Lipinski definition) is 3. The zero-order chi connectivity index (χ0) is 17.5. The predicted molar refractivity (Wildman–Crippen MR) is 101 cm³/mol. The summed E-state index contributed by atoms with van der Waals surface area (Å²) in [5, 5.41) is 0. The van der Waals surface area contributed by atoms with Gasteiger partial charge in [0.05, 0.1) is 14.2 Å². The molecule has 1 fully saturated rings. The fraction of sp³-hybridized carbons (Fsp3) is 0.619. The Morgan fingerprint density at radius 2 is 1.79 bits per heavy atom. The van der Waals surface area contributed by atoms with Gasteiger partial charge < -0.3 is 14.4 Å². The van der Waals surface area contributed by atoms with E-state index in [0.29, 0.717) is 0 Å². The van der Waals surface area contributed by atoms with Gasteiger partial charge in [-0.25, -0.2) is 0 Å². The van der Waals surface area contributed by atoms with Gasteiger partial charge in [0, 0.05) is 19.7 Å². The summed E-state index contributed by atoms with van der Waals surface area (Å²) in [6.45, 7) is 2.06. The van der Waals surface area contributed by atoms with E-state index in [2.05, 4.69) is 44.3 Å². The number of nitrogens with zero attached hydrogens (tertiary/aromatic N) is 1. The molecule has 0 aliphatic heterocycles. The van der Waals surface area contributed by atoms with Crippen LogP contribution in [0.2, 0.25) is 0 Å². The van der Waals surface area contributed by atoms with Crippen molar-refractivity contribution in [1.29, 1.82) is 0 Å². The molecule has 0 aromatic heterocycles. The van der Waals surface area contributed by atoms with Crippen molar-refractivity contribution in [2.45, 2.75) is 51.9 Å². The van der Waals surface area contributed by atoms with Crippen molar-refractivity contribution in [3.8, 4) is 11.5 Å². The van der Waals surface area contributed by atoms with Crippen LogP contribution in [0.25, 0.3) is 0 Å². The molecule has 0 spiro atoms. The van der Waals surface area contributed by atoms with Gasteiger partial charge in [0.15, 0.2) is 0 Å². The Labute approximate surface area is 147 Å². The average molecular weight is 332 g/mol. The summed E-state index contributed by atoms with van der Waals surface area (Å²) in [5.74, 6) is 2.81. The highest BCUT2D eigenvalue weighted by Crippen LogP contribution is 2.33. The van der Waals surface area contributed by atoms with Gasteiger partial charge in [-0.05, 0) is 61.6 Å². The van der Waals surface area contributed by atoms with Crippen LogP contribution in [0, 0.1) is 12.8 Å². The molecule has 3 nitrogen and oxygen atoms in total. The zero-order valence-electron chi connectivity index (χ0n) is 16.0. The molecule has 3 heteroatoms. The number of allylic oxidation sites excluding steroid dienone is 1. The highest BCUT2D eigenvalue weighted by molar-refractivity contribution is 5.47. The molecule has 2 rings (SSSR count). The van der Waals surface area contributed by atoms with E-state index in [4.69, 9.17) is 9.47 Å². The maximum Gasteiger partial charge on any atom is 0.122 e. The number of methoxy groups -OCH3 is 2. The van der Waals surface area contributed by atoms with Crippen molar-refractivity contribution >= 4 is 0 Å². The molecule has 0 bridgehead atoms. The molecule has 0 amide bonds. The van der Waals surface area contributed by atoms with Crippen LogP contribution in [-0.4, -0.2) is 33.2 Å². The monoisotopic (exact) mass is 331 g/mol. The van der Waals surface area contributed by atoms with Crippen molar-refractivity contribution in [3.63, 3.8) is 0 Å². The number of benzene rings is 1. The Morgan fingerprint density at radius 1 is 1.12 bits per heavy atom. The molecule has 24 heavy (non-hydrogen) atoms. The maximum atomic E-state index is 5.61. The summed E-state index contributed by atoms with van der Waals surface area (Å²) < 4.78 is 11.1. The average Bonchev–Trinajstić information content (AvgIpc) is 3.06.